The summed E-state index contributed by atoms with van der Waals surface area (Å²) >= 11 is 0. The summed E-state index contributed by atoms with van der Waals surface area (Å²) in [5.41, 5.74) is 0.0893. The van der Waals surface area contributed by atoms with Crippen LogP contribution in [0.4, 0.5) is 0 Å². The lowest BCUT2D eigenvalue weighted by Gasteiger charge is -2.09. The predicted molar refractivity (Wildman–Crippen MR) is 85.2 cm³/mol. The van der Waals surface area contributed by atoms with Gasteiger partial charge in [0.15, 0.2) is 0 Å². The number of rotatable bonds is 4. The van der Waals surface area contributed by atoms with E-state index in [2.05, 4.69) is 0 Å². The predicted octanol–water partition coefficient (Wildman–Crippen LogP) is 2.53. The average Bonchev–Trinajstić information content (AvgIpc) is 2.54. The van der Waals surface area contributed by atoms with Crippen molar-refractivity contribution in [3.63, 3.8) is 0 Å². The van der Waals surface area contributed by atoms with Gasteiger partial charge in [-0.3, -0.25) is 9.59 Å². The van der Waals surface area contributed by atoms with Crippen molar-refractivity contribution >= 4 is 23.9 Å². The molecular formula is C18H14O7. The van der Waals surface area contributed by atoms with Gasteiger partial charge in [-0.05, 0) is 24.3 Å². The smallest absolute Gasteiger partial charge is 0.346 e. The van der Waals surface area contributed by atoms with Crippen LogP contribution in [-0.2, 0) is 14.3 Å². The summed E-state index contributed by atoms with van der Waals surface area (Å²) in [7, 11) is 0. The summed E-state index contributed by atoms with van der Waals surface area (Å²) < 4.78 is 14.6. The molecule has 7 nitrogen and oxygen atoms in total. The normalized spacial score (nSPS) is 9.84. The van der Waals surface area contributed by atoms with E-state index in [1.807, 2.05) is 0 Å². The number of hydrogen-bond acceptors (Lipinski definition) is 7. The standard InChI is InChI=1S/C18H14O7/c1-11(19)23-15-8-14(9-16(10-15)24-12(2)20)18(22)25-17(21)13-6-4-3-5-7-13/h3-10H,1-2H3. The largest absolute Gasteiger partial charge is 0.427 e. The minimum absolute atomic E-state index is 0.0228. The molecule has 0 bridgehead atoms. The Balaban J connectivity index is 2.26. The summed E-state index contributed by atoms with van der Waals surface area (Å²) in [6, 6.07) is 11.6. The first kappa shape index (κ1) is 17.9. The zero-order chi connectivity index (χ0) is 18.4. The van der Waals surface area contributed by atoms with Crippen LogP contribution in [0.1, 0.15) is 34.6 Å². The molecule has 0 unspecified atom stereocenters. The van der Waals surface area contributed by atoms with Crippen molar-refractivity contribution in [3.8, 4) is 11.5 Å². The molecule has 0 radical (unpaired) electrons. The van der Waals surface area contributed by atoms with Gasteiger partial charge in [0.2, 0.25) is 0 Å². The van der Waals surface area contributed by atoms with Crippen LogP contribution in [0.15, 0.2) is 48.5 Å². The molecule has 2 aromatic carbocycles. The molecule has 0 heterocycles. The van der Waals surface area contributed by atoms with Gasteiger partial charge in [-0.2, -0.15) is 0 Å². The van der Waals surface area contributed by atoms with Crippen LogP contribution in [-0.4, -0.2) is 23.9 Å². The second kappa shape index (κ2) is 7.87. The van der Waals surface area contributed by atoms with Crippen LogP contribution in [0.25, 0.3) is 0 Å². The van der Waals surface area contributed by atoms with Crippen molar-refractivity contribution in [1.82, 2.24) is 0 Å². The first-order chi connectivity index (χ1) is 11.8. The number of benzene rings is 2. The van der Waals surface area contributed by atoms with E-state index in [1.54, 1.807) is 18.2 Å². The average molecular weight is 342 g/mol. The Kier molecular flexibility index (Phi) is 5.62. The first-order valence-corrected chi connectivity index (χ1v) is 7.18. The third-order valence-electron chi connectivity index (χ3n) is 2.83. The van der Waals surface area contributed by atoms with E-state index in [-0.39, 0.29) is 22.6 Å². The summed E-state index contributed by atoms with van der Waals surface area (Å²) in [6.07, 6.45) is 0. The first-order valence-electron chi connectivity index (χ1n) is 7.18. The second-order valence-electron chi connectivity index (χ2n) is 4.92. The fourth-order valence-electron chi connectivity index (χ4n) is 1.92. The van der Waals surface area contributed by atoms with Gasteiger partial charge in [0.05, 0.1) is 11.1 Å². The molecule has 0 aliphatic heterocycles. The Labute approximate surface area is 143 Å². The van der Waals surface area contributed by atoms with Crippen LogP contribution in [0.2, 0.25) is 0 Å². The molecule has 0 amide bonds. The number of carbonyl (C=O) groups is 4. The molecule has 0 spiro atoms. The quantitative estimate of drug-likeness (QED) is 0.478. The Hall–Kier alpha value is -3.48. The molecule has 0 fully saturated rings. The fraction of sp³-hybridized carbons (Fsp3) is 0.111. The minimum Gasteiger partial charge on any atom is -0.427 e. The van der Waals surface area contributed by atoms with Crippen LogP contribution < -0.4 is 9.47 Å². The van der Waals surface area contributed by atoms with Crippen LogP contribution in [0.3, 0.4) is 0 Å². The zero-order valence-corrected chi connectivity index (χ0v) is 13.5. The third-order valence-corrected chi connectivity index (χ3v) is 2.83. The molecule has 25 heavy (non-hydrogen) atoms. The van der Waals surface area contributed by atoms with E-state index < -0.39 is 23.9 Å². The Bertz CT molecular complexity index is 790. The Morgan fingerprint density at radius 2 is 1.16 bits per heavy atom. The molecule has 2 aromatic rings. The summed E-state index contributed by atoms with van der Waals surface area (Å²) in [6.45, 7) is 2.35. The monoisotopic (exact) mass is 342 g/mol. The molecule has 128 valence electrons. The summed E-state index contributed by atoms with van der Waals surface area (Å²) in [5.74, 6) is -3.11. The summed E-state index contributed by atoms with van der Waals surface area (Å²) in [4.78, 5) is 46.3. The Morgan fingerprint density at radius 3 is 1.64 bits per heavy atom. The van der Waals surface area contributed by atoms with Gasteiger partial charge in [0.25, 0.3) is 0 Å². The van der Waals surface area contributed by atoms with E-state index in [0.29, 0.717) is 0 Å². The van der Waals surface area contributed by atoms with Crippen LogP contribution in [0.5, 0.6) is 11.5 Å². The lowest BCUT2D eigenvalue weighted by Crippen LogP contribution is -2.14. The highest BCUT2D eigenvalue weighted by atomic mass is 16.6. The van der Waals surface area contributed by atoms with Crippen molar-refractivity contribution in [3.05, 3.63) is 59.7 Å². The highest BCUT2D eigenvalue weighted by Crippen LogP contribution is 2.24. The van der Waals surface area contributed by atoms with E-state index in [1.165, 1.54) is 44.2 Å². The van der Waals surface area contributed by atoms with Crippen LogP contribution >= 0.6 is 0 Å². The molecule has 0 saturated carbocycles. The molecule has 0 aliphatic rings. The molecule has 0 saturated heterocycles. The maximum atomic E-state index is 12.2. The van der Waals surface area contributed by atoms with Gasteiger partial charge in [-0.15, -0.1) is 0 Å². The number of esters is 4. The van der Waals surface area contributed by atoms with Crippen molar-refractivity contribution in [1.29, 1.82) is 0 Å². The molecule has 0 aliphatic carbocycles. The van der Waals surface area contributed by atoms with E-state index >= 15 is 0 Å². The van der Waals surface area contributed by atoms with Crippen molar-refractivity contribution < 1.29 is 33.4 Å². The van der Waals surface area contributed by atoms with Gasteiger partial charge in [-0.1, -0.05) is 18.2 Å². The molecule has 0 atom stereocenters. The van der Waals surface area contributed by atoms with Gasteiger partial charge in [0, 0.05) is 19.9 Å². The van der Waals surface area contributed by atoms with E-state index in [4.69, 9.17) is 14.2 Å². The second-order valence-corrected chi connectivity index (χ2v) is 4.92. The van der Waals surface area contributed by atoms with Gasteiger partial charge in [-0.25, -0.2) is 9.59 Å². The van der Waals surface area contributed by atoms with Crippen molar-refractivity contribution in [2.24, 2.45) is 0 Å². The lowest BCUT2D eigenvalue weighted by molar-refractivity contribution is -0.132. The maximum absolute atomic E-state index is 12.2. The molecular weight excluding hydrogens is 328 g/mol. The molecule has 0 N–H and O–H groups in total. The maximum Gasteiger partial charge on any atom is 0.346 e. The number of ether oxygens (including phenoxy) is 3. The lowest BCUT2D eigenvalue weighted by atomic mass is 10.2. The van der Waals surface area contributed by atoms with Gasteiger partial charge >= 0.3 is 23.9 Å². The van der Waals surface area contributed by atoms with E-state index in [9.17, 15) is 19.2 Å². The highest BCUT2D eigenvalue weighted by Gasteiger charge is 2.18. The zero-order valence-electron chi connectivity index (χ0n) is 13.5. The Morgan fingerprint density at radius 1 is 0.680 bits per heavy atom. The number of hydrogen-bond donors (Lipinski definition) is 0. The topological polar surface area (TPSA) is 96.0 Å². The summed E-state index contributed by atoms with van der Waals surface area (Å²) in [5, 5.41) is 0. The number of carbonyl (C=O) groups excluding carboxylic acids is 4. The fourth-order valence-corrected chi connectivity index (χ4v) is 1.92. The van der Waals surface area contributed by atoms with Gasteiger partial charge < -0.3 is 14.2 Å². The van der Waals surface area contributed by atoms with Crippen LogP contribution in [0, 0.1) is 0 Å². The molecule has 7 heteroatoms. The SMILES string of the molecule is CC(=O)Oc1cc(OC(C)=O)cc(C(=O)OC(=O)c2ccccc2)c1. The highest BCUT2D eigenvalue weighted by molar-refractivity contribution is 6.03. The van der Waals surface area contributed by atoms with Gasteiger partial charge in [0.1, 0.15) is 11.5 Å². The molecule has 0 aromatic heterocycles. The third kappa shape index (κ3) is 5.28. The van der Waals surface area contributed by atoms with Crippen molar-refractivity contribution in [2.45, 2.75) is 13.8 Å². The van der Waals surface area contributed by atoms with Crippen molar-refractivity contribution in [2.75, 3.05) is 0 Å². The minimum atomic E-state index is -0.976. The van der Waals surface area contributed by atoms with E-state index in [0.717, 1.165) is 0 Å². The molecule has 2 rings (SSSR count).